The number of carbonyl (C=O) groups is 2. The molecule has 5 nitrogen and oxygen atoms in total. The zero-order valence-corrected chi connectivity index (χ0v) is 19.6. The van der Waals surface area contributed by atoms with E-state index in [1.54, 1.807) is 12.1 Å². The smallest absolute Gasteiger partial charge is 0.303 e. The van der Waals surface area contributed by atoms with E-state index in [4.69, 9.17) is 16.7 Å². The van der Waals surface area contributed by atoms with Gasteiger partial charge in [-0.05, 0) is 54.5 Å². The summed E-state index contributed by atoms with van der Waals surface area (Å²) in [6, 6.07) is 10.5. The number of carboxylic acids is 1. The standard InChI is InChI=1S/C26H28ClFN2O3/c1-16(2)14-30-15-21(18-4-6-22(27)23(28)12-18)20-5-3-19(13-24(20)30)26(33)29-9-7-17(8-10-29)11-25(31)32/h3-6,12-13,15-17H,7-11,14H2,1-2H3,(H,31,32). The number of piperidine rings is 1. The fraction of sp³-hybridized carbons (Fsp3) is 0.385. The largest absolute Gasteiger partial charge is 0.481 e. The summed E-state index contributed by atoms with van der Waals surface area (Å²) >= 11 is 5.87. The molecule has 0 unspecified atom stereocenters. The zero-order chi connectivity index (χ0) is 23.7. The Kier molecular flexibility index (Phi) is 6.75. The van der Waals surface area contributed by atoms with Crippen LogP contribution in [0.15, 0.2) is 42.6 Å². The van der Waals surface area contributed by atoms with Crippen molar-refractivity contribution < 1.29 is 19.1 Å². The molecule has 1 fully saturated rings. The topological polar surface area (TPSA) is 62.5 Å². The Hall–Kier alpha value is -2.86. The third-order valence-electron chi connectivity index (χ3n) is 6.29. The van der Waals surface area contributed by atoms with Gasteiger partial charge in [0.25, 0.3) is 5.91 Å². The monoisotopic (exact) mass is 470 g/mol. The number of amides is 1. The fourth-order valence-electron chi connectivity index (χ4n) is 4.63. The molecular weight excluding hydrogens is 443 g/mol. The van der Waals surface area contributed by atoms with Crippen LogP contribution in [-0.2, 0) is 11.3 Å². The lowest BCUT2D eigenvalue weighted by molar-refractivity contribution is -0.138. The summed E-state index contributed by atoms with van der Waals surface area (Å²) < 4.78 is 16.3. The van der Waals surface area contributed by atoms with E-state index in [9.17, 15) is 14.0 Å². The predicted octanol–water partition coefficient (Wildman–Crippen LogP) is 6.08. The fourth-order valence-corrected chi connectivity index (χ4v) is 4.75. The number of halogens is 2. The number of carbonyl (C=O) groups excluding carboxylic acids is 1. The lowest BCUT2D eigenvalue weighted by Crippen LogP contribution is -2.38. The van der Waals surface area contributed by atoms with E-state index in [1.165, 1.54) is 6.07 Å². The first kappa shape index (κ1) is 23.3. The molecule has 7 heteroatoms. The molecule has 2 heterocycles. The van der Waals surface area contributed by atoms with Crippen molar-refractivity contribution in [3.63, 3.8) is 0 Å². The summed E-state index contributed by atoms with van der Waals surface area (Å²) in [4.78, 5) is 26.0. The van der Waals surface area contributed by atoms with Crippen LogP contribution in [0.1, 0.15) is 43.5 Å². The Morgan fingerprint density at radius 2 is 1.88 bits per heavy atom. The molecular formula is C26H28ClFN2O3. The van der Waals surface area contributed by atoms with E-state index >= 15 is 0 Å². The molecule has 1 aliphatic rings. The average Bonchev–Trinajstić information content (AvgIpc) is 3.12. The Bertz CT molecular complexity index is 1200. The van der Waals surface area contributed by atoms with Gasteiger partial charge in [0.2, 0.25) is 0 Å². The van der Waals surface area contributed by atoms with Crippen molar-refractivity contribution in [3.05, 3.63) is 59.0 Å². The highest BCUT2D eigenvalue weighted by Gasteiger charge is 2.25. The SMILES string of the molecule is CC(C)Cn1cc(-c2ccc(Cl)c(F)c2)c2ccc(C(=O)N3CCC(CC(=O)O)CC3)cc21. The molecule has 0 spiro atoms. The first-order chi connectivity index (χ1) is 15.7. The maximum atomic E-state index is 14.1. The van der Waals surface area contributed by atoms with Crippen molar-refractivity contribution >= 4 is 34.4 Å². The summed E-state index contributed by atoms with van der Waals surface area (Å²) in [6.45, 7) is 6.16. The minimum absolute atomic E-state index is 0.0398. The number of aliphatic carboxylic acids is 1. The second-order valence-corrected chi connectivity index (χ2v) is 9.69. The molecule has 0 bridgehead atoms. The molecule has 0 atom stereocenters. The lowest BCUT2D eigenvalue weighted by atomic mass is 9.93. The minimum atomic E-state index is -0.785. The quantitative estimate of drug-likeness (QED) is 0.474. The molecule has 174 valence electrons. The molecule has 0 aliphatic carbocycles. The second kappa shape index (κ2) is 9.56. The van der Waals surface area contributed by atoms with Crippen LogP contribution in [-0.4, -0.2) is 39.5 Å². The number of rotatable bonds is 6. The number of hydrogen-bond donors (Lipinski definition) is 1. The summed E-state index contributed by atoms with van der Waals surface area (Å²) in [5.41, 5.74) is 3.18. The van der Waals surface area contributed by atoms with Crippen LogP contribution in [0.5, 0.6) is 0 Å². The Labute approximate surface area is 197 Å². The van der Waals surface area contributed by atoms with E-state index in [1.807, 2.05) is 29.3 Å². The molecule has 33 heavy (non-hydrogen) atoms. The number of aromatic nitrogens is 1. The minimum Gasteiger partial charge on any atom is -0.481 e. The number of hydrogen-bond acceptors (Lipinski definition) is 2. The van der Waals surface area contributed by atoms with Crippen LogP contribution in [0, 0.1) is 17.7 Å². The number of carboxylic acid groups (broad SMARTS) is 1. The predicted molar refractivity (Wildman–Crippen MR) is 128 cm³/mol. The Balaban J connectivity index is 1.65. The Morgan fingerprint density at radius 3 is 2.52 bits per heavy atom. The summed E-state index contributed by atoms with van der Waals surface area (Å²) in [5.74, 6) is -0.769. The number of nitrogens with zero attached hydrogens (tertiary/aromatic N) is 2. The Morgan fingerprint density at radius 1 is 1.15 bits per heavy atom. The van der Waals surface area contributed by atoms with Gasteiger partial charge in [-0.25, -0.2) is 4.39 Å². The van der Waals surface area contributed by atoms with E-state index in [0.29, 0.717) is 37.4 Å². The highest BCUT2D eigenvalue weighted by Crippen LogP contribution is 2.34. The maximum Gasteiger partial charge on any atom is 0.303 e. The molecule has 4 rings (SSSR count). The van der Waals surface area contributed by atoms with Crippen molar-refractivity contribution in [2.45, 2.75) is 39.7 Å². The number of fused-ring (bicyclic) bond motifs is 1. The van der Waals surface area contributed by atoms with Crippen LogP contribution in [0.3, 0.4) is 0 Å². The van der Waals surface area contributed by atoms with Gasteiger partial charge in [0.15, 0.2) is 0 Å². The van der Waals surface area contributed by atoms with Crippen LogP contribution in [0.4, 0.5) is 4.39 Å². The van der Waals surface area contributed by atoms with Gasteiger partial charge >= 0.3 is 5.97 Å². The van der Waals surface area contributed by atoms with Crippen molar-refractivity contribution in [2.75, 3.05) is 13.1 Å². The molecule has 2 aromatic carbocycles. The highest BCUT2D eigenvalue weighted by atomic mass is 35.5. The first-order valence-corrected chi connectivity index (χ1v) is 11.7. The van der Waals surface area contributed by atoms with Crippen molar-refractivity contribution in [2.24, 2.45) is 11.8 Å². The lowest BCUT2D eigenvalue weighted by Gasteiger charge is -2.31. The highest BCUT2D eigenvalue weighted by molar-refractivity contribution is 6.30. The van der Waals surface area contributed by atoms with Gasteiger partial charge in [0.05, 0.1) is 5.02 Å². The molecule has 3 aromatic rings. The van der Waals surface area contributed by atoms with Crippen LogP contribution in [0.25, 0.3) is 22.0 Å². The van der Waals surface area contributed by atoms with Gasteiger partial charge in [0.1, 0.15) is 5.82 Å². The van der Waals surface area contributed by atoms with Gasteiger partial charge in [-0.3, -0.25) is 9.59 Å². The molecule has 1 aliphatic heterocycles. The molecule has 1 saturated heterocycles. The molecule has 1 aromatic heterocycles. The second-order valence-electron chi connectivity index (χ2n) is 9.28. The van der Waals surface area contributed by atoms with Crippen LogP contribution < -0.4 is 0 Å². The first-order valence-electron chi connectivity index (χ1n) is 11.3. The summed E-state index contributed by atoms with van der Waals surface area (Å²) in [7, 11) is 0. The third kappa shape index (κ3) is 5.06. The summed E-state index contributed by atoms with van der Waals surface area (Å²) in [5, 5.41) is 10.1. The van der Waals surface area contributed by atoms with E-state index in [2.05, 4.69) is 18.4 Å². The normalized spacial score (nSPS) is 14.9. The van der Waals surface area contributed by atoms with Gasteiger partial charge in [-0.2, -0.15) is 0 Å². The van der Waals surface area contributed by atoms with Gasteiger partial charge in [-0.1, -0.05) is 37.6 Å². The van der Waals surface area contributed by atoms with E-state index < -0.39 is 11.8 Å². The van der Waals surface area contributed by atoms with Gasteiger partial charge in [0, 0.05) is 54.3 Å². The average molecular weight is 471 g/mol. The van der Waals surface area contributed by atoms with Crippen molar-refractivity contribution in [1.29, 1.82) is 0 Å². The molecule has 0 radical (unpaired) electrons. The summed E-state index contributed by atoms with van der Waals surface area (Å²) in [6.07, 6.45) is 3.58. The van der Waals surface area contributed by atoms with Crippen LogP contribution in [0.2, 0.25) is 5.02 Å². The maximum absolute atomic E-state index is 14.1. The molecule has 1 amide bonds. The number of likely N-dealkylation sites (tertiary alicyclic amines) is 1. The molecule has 1 N–H and O–H groups in total. The van der Waals surface area contributed by atoms with Crippen LogP contribution >= 0.6 is 11.6 Å². The van der Waals surface area contributed by atoms with Gasteiger partial charge < -0.3 is 14.6 Å². The number of benzene rings is 2. The van der Waals surface area contributed by atoms with E-state index in [-0.39, 0.29) is 23.3 Å². The zero-order valence-electron chi connectivity index (χ0n) is 18.9. The van der Waals surface area contributed by atoms with Crippen molar-refractivity contribution in [3.8, 4) is 11.1 Å². The van der Waals surface area contributed by atoms with Gasteiger partial charge in [-0.15, -0.1) is 0 Å². The molecule has 0 saturated carbocycles. The van der Waals surface area contributed by atoms with Crippen molar-refractivity contribution in [1.82, 2.24) is 9.47 Å². The van der Waals surface area contributed by atoms with E-state index in [0.717, 1.165) is 28.6 Å². The third-order valence-corrected chi connectivity index (χ3v) is 6.59.